The molecule has 2 fully saturated rings. The number of carbonyl (C=O) groups is 3. The Kier molecular flexibility index (Phi) is 9.73. The fraction of sp³-hybridized carbons (Fsp3) is 0.613. The molecule has 3 heterocycles. The van der Waals surface area contributed by atoms with Gasteiger partial charge in [0.25, 0.3) is 5.91 Å². The number of amides is 3. The first-order valence-corrected chi connectivity index (χ1v) is 14.7. The molecule has 4 rings (SSSR count). The summed E-state index contributed by atoms with van der Waals surface area (Å²) in [6, 6.07) is 6.25. The molecule has 0 bridgehead atoms. The molecule has 10 heteroatoms. The van der Waals surface area contributed by atoms with Crippen LogP contribution < -0.4 is 10.1 Å². The number of likely N-dealkylation sites (tertiary alicyclic amines) is 1. The molecule has 2 aliphatic heterocycles. The number of ether oxygens (including phenoxy) is 1. The summed E-state index contributed by atoms with van der Waals surface area (Å²) in [4.78, 5) is 50.4. The highest BCUT2D eigenvalue weighted by atomic mass is 16.5. The van der Waals surface area contributed by atoms with Crippen LogP contribution in [0.15, 0.2) is 34.9 Å². The highest BCUT2D eigenvalue weighted by Gasteiger charge is 2.37. The second kappa shape index (κ2) is 13.1. The van der Waals surface area contributed by atoms with Crippen molar-refractivity contribution in [1.82, 2.24) is 25.0 Å². The molecular weight excluding hydrogens is 522 g/mol. The van der Waals surface area contributed by atoms with Gasteiger partial charge in [-0.15, -0.1) is 0 Å². The van der Waals surface area contributed by atoms with E-state index in [-0.39, 0.29) is 41.6 Å². The summed E-state index contributed by atoms with van der Waals surface area (Å²) in [6.07, 6.45) is 2.84. The van der Waals surface area contributed by atoms with Crippen LogP contribution in [-0.4, -0.2) is 89.8 Å². The molecule has 1 N–H and O–H groups in total. The standard InChI is InChI=1S/C31H45N5O5/c1-21(2)17-24(30(39)36-12-11-22(19-36)29(38)35-15-13-34(6)14-16-35)33-28(37)23-9-7-8-10-25(23)40-20-27-32-18-26(41-27)31(3,4)5/h7-10,18,21-22,24H,11-17,19-20H2,1-6H3,(H,33,37)/t22-,24-/m1/s1. The van der Waals surface area contributed by atoms with Gasteiger partial charge < -0.3 is 29.2 Å². The number of aromatic nitrogens is 1. The first-order valence-electron chi connectivity index (χ1n) is 14.7. The molecule has 2 aliphatic rings. The molecule has 10 nitrogen and oxygen atoms in total. The van der Waals surface area contributed by atoms with Crippen LogP contribution >= 0.6 is 0 Å². The number of piperazine rings is 1. The lowest BCUT2D eigenvalue weighted by molar-refractivity contribution is -0.137. The molecule has 224 valence electrons. The Hall–Kier alpha value is -3.40. The van der Waals surface area contributed by atoms with Crippen molar-refractivity contribution in [2.75, 3.05) is 46.3 Å². The van der Waals surface area contributed by atoms with E-state index in [1.807, 2.05) is 39.5 Å². The lowest BCUT2D eigenvalue weighted by Gasteiger charge is -2.34. The van der Waals surface area contributed by atoms with Gasteiger partial charge in [-0.2, -0.15) is 0 Å². The summed E-state index contributed by atoms with van der Waals surface area (Å²) >= 11 is 0. The van der Waals surface area contributed by atoms with Gasteiger partial charge in [-0.25, -0.2) is 4.98 Å². The monoisotopic (exact) mass is 567 g/mol. The molecule has 1 aromatic heterocycles. The van der Waals surface area contributed by atoms with E-state index in [4.69, 9.17) is 9.15 Å². The van der Waals surface area contributed by atoms with E-state index < -0.39 is 6.04 Å². The molecular formula is C31H45N5O5. The van der Waals surface area contributed by atoms with Crippen LogP contribution in [0.3, 0.4) is 0 Å². The van der Waals surface area contributed by atoms with E-state index in [0.717, 1.165) is 31.9 Å². The molecule has 0 radical (unpaired) electrons. The average Bonchev–Trinajstić information content (AvgIpc) is 3.61. The van der Waals surface area contributed by atoms with Crippen molar-refractivity contribution in [2.45, 2.75) is 65.5 Å². The number of carbonyl (C=O) groups excluding carboxylic acids is 3. The second-order valence-corrected chi connectivity index (χ2v) is 12.7. The zero-order valence-corrected chi connectivity index (χ0v) is 25.3. The van der Waals surface area contributed by atoms with Crippen molar-refractivity contribution in [3.8, 4) is 5.75 Å². The third-order valence-corrected chi connectivity index (χ3v) is 7.75. The van der Waals surface area contributed by atoms with Gasteiger partial charge in [-0.1, -0.05) is 46.8 Å². The highest BCUT2D eigenvalue weighted by Crippen LogP contribution is 2.25. The van der Waals surface area contributed by atoms with Gasteiger partial charge in [0.05, 0.1) is 17.7 Å². The van der Waals surface area contributed by atoms with Gasteiger partial charge in [-0.05, 0) is 37.9 Å². The van der Waals surface area contributed by atoms with Crippen molar-refractivity contribution >= 4 is 17.7 Å². The van der Waals surface area contributed by atoms with Crippen LogP contribution in [0.1, 0.15) is 69.5 Å². The lowest BCUT2D eigenvalue weighted by atomic mass is 9.94. The van der Waals surface area contributed by atoms with Gasteiger partial charge in [0.2, 0.25) is 17.7 Å². The Bertz CT molecular complexity index is 1210. The summed E-state index contributed by atoms with van der Waals surface area (Å²) in [6.45, 7) is 14.3. The SMILES string of the molecule is CC(C)C[C@@H](NC(=O)c1ccccc1OCc1ncc(C(C)(C)C)o1)C(=O)N1CC[C@@H](C(=O)N2CCN(C)CC2)C1. The van der Waals surface area contributed by atoms with Crippen molar-refractivity contribution < 1.29 is 23.5 Å². The maximum Gasteiger partial charge on any atom is 0.255 e. The molecule has 1 aromatic carbocycles. The molecule has 2 saturated heterocycles. The normalized spacial score (nSPS) is 19.0. The number of oxazole rings is 1. The van der Waals surface area contributed by atoms with Crippen molar-refractivity contribution in [3.05, 3.63) is 47.7 Å². The first-order chi connectivity index (χ1) is 19.4. The van der Waals surface area contributed by atoms with Crippen LogP contribution in [0, 0.1) is 11.8 Å². The third kappa shape index (κ3) is 7.87. The minimum absolute atomic E-state index is 0.0746. The lowest BCUT2D eigenvalue weighted by Crippen LogP contribution is -2.50. The molecule has 2 aromatic rings. The average molecular weight is 568 g/mol. The number of nitrogens with one attached hydrogen (secondary N) is 1. The second-order valence-electron chi connectivity index (χ2n) is 12.7. The van der Waals surface area contributed by atoms with Gasteiger partial charge in [-0.3, -0.25) is 14.4 Å². The molecule has 3 amide bonds. The minimum atomic E-state index is -0.700. The number of nitrogens with zero attached hydrogens (tertiary/aromatic N) is 4. The molecule has 0 unspecified atom stereocenters. The minimum Gasteiger partial charge on any atom is -0.483 e. The fourth-order valence-electron chi connectivity index (χ4n) is 5.24. The van der Waals surface area contributed by atoms with Crippen LogP contribution in [0.2, 0.25) is 0 Å². The summed E-state index contributed by atoms with van der Waals surface area (Å²) in [5, 5.41) is 2.97. The van der Waals surface area contributed by atoms with Gasteiger partial charge in [0.1, 0.15) is 17.6 Å². The maximum atomic E-state index is 13.6. The summed E-state index contributed by atoms with van der Waals surface area (Å²) in [7, 11) is 2.06. The Balaban J connectivity index is 1.39. The zero-order valence-electron chi connectivity index (χ0n) is 25.3. The number of hydrogen-bond donors (Lipinski definition) is 1. The largest absolute Gasteiger partial charge is 0.483 e. The highest BCUT2D eigenvalue weighted by molar-refractivity contribution is 5.99. The van der Waals surface area contributed by atoms with Crippen molar-refractivity contribution in [2.24, 2.45) is 11.8 Å². The van der Waals surface area contributed by atoms with E-state index in [2.05, 4.69) is 22.2 Å². The van der Waals surface area contributed by atoms with E-state index in [1.165, 1.54) is 0 Å². The Labute approximate surface area is 243 Å². The van der Waals surface area contributed by atoms with Crippen LogP contribution in [-0.2, 0) is 21.6 Å². The Morgan fingerprint density at radius 3 is 2.44 bits per heavy atom. The quantitative estimate of drug-likeness (QED) is 0.495. The van der Waals surface area contributed by atoms with E-state index in [9.17, 15) is 14.4 Å². The molecule has 0 aliphatic carbocycles. The Morgan fingerprint density at radius 2 is 1.78 bits per heavy atom. The molecule has 41 heavy (non-hydrogen) atoms. The third-order valence-electron chi connectivity index (χ3n) is 7.75. The summed E-state index contributed by atoms with van der Waals surface area (Å²) in [5.41, 5.74) is 0.162. The zero-order chi connectivity index (χ0) is 29.7. The van der Waals surface area contributed by atoms with Gasteiger partial charge in [0.15, 0.2) is 6.61 Å². The summed E-state index contributed by atoms with van der Waals surface area (Å²) < 4.78 is 11.8. The summed E-state index contributed by atoms with van der Waals surface area (Å²) in [5.74, 6) is 1.16. The maximum absolute atomic E-state index is 13.6. The molecule has 0 spiro atoms. The van der Waals surface area contributed by atoms with E-state index in [1.54, 1.807) is 35.4 Å². The van der Waals surface area contributed by atoms with Crippen LogP contribution in [0.4, 0.5) is 0 Å². The van der Waals surface area contributed by atoms with E-state index in [0.29, 0.717) is 43.1 Å². The van der Waals surface area contributed by atoms with Crippen molar-refractivity contribution in [1.29, 1.82) is 0 Å². The molecule has 2 atom stereocenters. The van der Waals surface area contributed by atoms with Crippen LogP contribution in [0.5, 0.6) is 5.75 Å². The van der Waals surface area contributed by atoms with Crippen molar-refractivity contribution in [3.63, 3.8) is 0 Å². The topological polar surface area (TPSA) is 108 Å². The molecule has 0 saturated carbocycles. The number of hydrogen-bond acceptors (Lipinski definition) is 7. The van der Waals surface area contributed by atoms with Crippen LogP contribution in [0.25, 0.3) is 0 Å². The predicted molar refractivity (Wildman–Crippen MR) is 155 cm³/mol. The van der Waals surface area contributed by atoms with E-state index >= 15 is 0 Å². The first kappa shape index (κ1) is 30.6. The smallest absolute Gasteiger partial charge is 0.255 e. The van der Waals surface area contributed by atoms with Gasteiger partial charge >= 0.3 is 0 Å². The van der Waals surface area contributed by atoms with Gasteiger partial charge in [0, 0.05) is 44.7 Å². The number of para-hydroxylation sites is 1. The number of rotatable bonds is 9. The number of benzene rings is 1. The number of likely N-dealkylation sites (N-methyl/N-ethyl adjacent to an activating group) is 1. The Morgan fingerprint density at radius 1 is 1.07 bits per heavy atom. The predicted octanol–water partition coefficient (Wildman–Crippen LogP) is 3.32. The fourth-order valence-corrected chi connectivity index (χ4v) is 5.24.